The standard InChI is InChI=1S/C19H27N3O3/c1-21(2)15-11-13(25-12-8-6-5-7-9-12)10-14-16(15)18(22(3)4)17(20-14)19(23)24/h10-12,20H,5-9H2,1-4H3,(H,23,24). The van der Waals surface area contributed by atoms with E-state index in [4.69, 9.17) is 4.74 Å². The number of nitrogens with one attached hydrogen (secondary N) is 1. The van der Waals surface area contributed by atoms with Crippen molar-refractivity contribution in [1.82, 2.24) is 4.98 Å². The number of aromatic carboxylic acids is 1. The first-order valence-corrected chi connectivity index (χ1v) is 8.82. The molecular weight excluding hydrogens is 318 g/mol. The molecule has 2 aromatic rings. The molecule has 1 heterocycles. The molecule has 0 saturated heterocycles. The summed E-state index contributed by atoms with van der Waals surface area (Å²) in [6.07, 6.45) is 6.14. The molecule has 1 saturated carbocycles. The Morgan fingerprint density at radius 3 is 2.36 bits per heavy atom. The smallest absolute Gasteiger partial charge is 0.354 e. The van der Waals surface area contributed by atoms with E-state index in [0.717, 1.165) is 35.2 Å². The summed E-state index contributed by atoms with van der Waals surface area (Å²) < 4.78 is 6.22. The largest absolute Gasteiger partial charge is 0.490 e. The SMILES string of the molecule is CN(C)c1cc(OC2CCCCC2)cc2[nH]c(C(=O)O)c(N(C)C)c12. The number of carbonyl (C=O) groups is 1. The van der Waals surface area contributed by atoms with Gasteiger partial charge in [-0.2, -0.15) is 0 Å². The number of hydrogen-bond acceptors (Lipinski definition) is 4. The number of carboxylic acids is 1. The minimum atomic E-state index is -0.959. The van der Waals surface area contributed by atoms with Crippen LogP contribution in [0.4, 0.5) is 11.4 Å². The Hall–Kier alpha value is -2.37. The van der Waals surface area contributed by atoms with Gasteiger partial charge in [0.1, 0.15) is 11.4 Å². The number of aromatic nitrogens is 1. The van der Waals surface area contributed by atoms with Gasteiger partial charge in [0.2, 0.25) is 0 Å². The molecular formula is C19H27N3O3. The van der Waals surface area contributed by atoms with Crippen LogP contribution in [0.5, 0.6) is 5.75 Å². The van der Waals surface area contributed by atoms with Gasteiger partial charge in [-0.15, -0.1) is 0 Å². The third-order valence-electron chi connectivity index (χ3n) is 4.82. The molecule has 1 aliphatic carbocycles. The monoisotopic (exact) mass is 345 g/mol. The van der Waals surface area contributed by atoms with Crippen molar-refractivity contribution in [1.29, 1.82) is 0 Å². The molecule has 0 amide bonds. The van der Waals surface area contributed by atoms with Crippen LogP contribution in [-0.2, 0) is 0 Å². The fourth-order valence-electron chi connectivity index (χ4n) is 3.67. The minimum absolute atomic E-state index is 0.206. The van der Waals surface area contributed by atoms with Crippen molar-refractivity contribution in [2.75, 3.05) is 38.0 Å². The Bertz CT molecular complexity index is 774. The second-order valence-electron chi connectivity index (χ2n) is 7.19. The van der Waals surface area contributed by atoms with Crippen LogP contribution in [0.2, 0.25) is 0 Å². The Morgan fingerprint density at radius 2 is 1.80 bits per heavy atom. The molecule has 0 bridgehead atoms. The number of ether oxygens (including phenoxy) is 1. The molecule has 3 rings (SSSR count). The van der Waals surface area contributed by atoms with E-state index in [1.807, 2.05) is 50.1 Å². The summed E-state index contributed by atoms with van der Waals surface area (Å²) >= 11 is 0. The van der Waals surface area contributed by atoms with Crippen LogP contribution in [0.25, 0.3) is 10.9 Å². The molecule has 6 nitrogen and oxygen atoms in total. The van der Waals surface area contributed by atoms with Crippen LogP contribution in [0.1, 0.15) is 42.6 Å². The topological polar surface area (TPSA) is 68.8 Å². The predicted molar refractivity (Wildman–Crippen MR) is 101 cm³/mol. The molecule has 0 radical (unpaired) electrons. The predicted octanol–water partition coefficient (Wildman–Crippen LogP) is 3.71. The lowest BCUT2D eigenvalue weighted by atomic mass is 9.98. The minimum Gasteiger partial charge on any atom is -0.490 e. The molecule has 1 aliphatic rings. The average molecular weight is 345 g/mol. The van der Waals surface area contributed by atoms with E-state index in [1.54, 1.807) is 0 Å². The maximum absolute atomic E-state index is 11.7. The van der Waals surface area contributed by atoms with Crippen LogP contribution in [0.3, 0.4) is 0 Å². The summed E-state index contributed by atoms with van der Waals surface area (Å²) in [5, 5.41) is 10.5. The summed E-state index contributed by atoms with van der Waals surface area (Å²) in [6, 6.07) is 3.94. The van der Waals surface area contributed by atoms with Crippen LogP contribution in [0.15, 0.2) is 12.1 Å². The molecule has 6 heteroatoms. The van der Waals surface area contributed by atoms with Crippen LogP contribution in [0, 0.1) is 0 Å². The number of nitrogens with zero attached hydrogens (tertiary/aromatic N) is 2. The average Bonchev–Trinajstić information content (AvgIpc) is 2.94. The molecule has 136 valence electrons. The molecule has 1 fully saturated rings. The van der Waals surface area contributed by atoms with Crippen LogP contribution < -0.4 is 14.5 Å². The third kappa shape index (κ3) is 3.38. The fourth-order valence-corrected chi connectivity index (χ4v) is 3.67. The van der Waals surface area contributed by atoms with Gasteiger partial charge in [-0.05, 0) is 25.7 Å². The van der Waals surface area contributed by atoms with Gasteiger partial charge < -0.3 is 24.6 Å². The summed E-state index contributed by atoms with van der Waals surface area (Å²) in [5.41, 5.74) is 2.64. The van der Waals surface area contributed by atoms with Gasteiger partial charge in [0, 0.05) is 45.7 Å². The molecule has 2 N–H and O–H groups in total. The van der Waals surface area contributed by atoms with E-state index in [9.17, 15) is 9.90 Å². The highest BCUT2D eigenvalue weighted by atomic mass is 16.5. The number of aromatic amines is 1. The maximum atomic E-state index is 11.7. The van der Waals surface area contributed by atoms with Crippen molar-refractivity contribution >= 4 is 28.2 Å². The third-order valence-corrected chi connectivity index (χ3v) is 4.82. The van der Waals surface area contributed by atoms with Gasteiger partial charge in [0.05, 0.1) is 23.0 Å². The lowest BCUT2D eigenvalue weighted by molar-refractivity contribution is 0.0692. The first-order chi connectivity index (χ1) is 11.9. The van der Waals surface area contributed by atoms with Crippen molar-refractivity contribution in [2.45, 2.75) is 38.2 Å². The zero-order valence-electron chi connectivity index (χ0n) is 15.4. The van der Waals surface area contributed by atoms with Gasteiger partial charge in [-0.1, -0.05) is 6.42 Å². The Kier molecular flexibility index (Phi) is 4.79. The van der Waals surface area contributed by atoms with Gasteiger partial charge in [-0.3, -0.25) is 0 Å². The normalized spacial score (nSPS) is 15.4. The quantitative estimate of drug-likeness (QED) is 0.864. The number of carboxylic acid groups (broad SMARTS) is 1. The van der Waals surface area contributed by atoms with Gasteiger partial charge in [0.15, 0.2) is 0 Å². The van der Waals surface area contributed by atoms with Crippen molar-refractivity contribution in [3.8, 4) is 5.75 Å². The molecule has 1 aromatic carbocycles. The van der Waals surface area contributed by atoms with Crippen LogP contribution >= 0.6 is 0 Å². The number of H-pyrrole nitrogens is 1. The Labute approximate surface area is 148 Å². The Morgan fingerprint density at radius 1 is 1.12 bits per heavy atom. The lowest BCUT2D eigenvalue weighted by Crippen LogP contribution is -2.20. The van der Waals surface area contributed by atoms with Crippen molar-refractivity contribution < 1.29 is 14.6 Å². The number of hydrogen-bond donors (Lipinski definition) is 2. The van der Waals surface area contributed by atoms with E-state index in [-0.39, 0.29) is 11.8 Å². The van der Waals surface area contributed by atoms with Gasteiger partial charge in [-0.25, -0.2) is 4.79 Å². The van der Waals surface area contributed by atoms with Crippen LogP contribution in [-0.4, -0.2) is 50.4 Å². The molecule has 1 aromatic heterocycles. The zero-order valence-corrected chi connectivity index (χ0v) is 15.4. The highest BCUT2D eigenvalue weighted by Gasteiger charge is 2.23. The van der Waals surface area contributed by atoms with Crippen molar-refractivity contribution in [3.05, 3.63) is 17.8 Å². The lowest BCUT2D eigenvalue weighted by Gasteiger charge is -2.24. The van der Waals surface area contributed by atoms with E-state index >= 15 is 0 Å². The molecule has 0 atom stereocenters. The molecule has 0 aliphatic heterocycles. The Balaban J connectivity index is 2.11. The highest BCUT2D eigenvalue weighted by Crippen LogP contribution is 2.40. The summed E-state index contributed by atoms with van der Waals surface area (Å²) in [6.45, 7) is 0. The second-order valence-corrected chi connectivity index (χ2v) is 7.19. The van der Waals surface area contributed by atoms with Gasteiger partial charge >= 0.3 is 5.97 Å². The van der Waals surface area contributed by atoms with E-state index in [2.05, 4.69) is 4.98 Å². The number of benzene rings is 1. The van der Waals surface area contributed by atoms with Crippen molar-refractivity contribution in [3.63, 3.8) is 0 Å². The molecule has 0 unspecified atom stereocenters. The van der Waals surface area contributed by atoms with Gasteiger partial charge in [0.25, 0.3) is 0 Å². The summed E-state index contributed by atoms with van der Waals surface area (Å²) in [4.78, 5) is 18.6. The molecule has 0 spiro atoms. The maximum Gasteiger partial charge on any atom is 0.354 e. The van der Waals surface area contributed by atoms with E-state index in [0.29, 0.717) is 5.69 Å². The highest BCUT2D eigenvalue weighted by molar-refractivity contribution is 6.11. The molecule has 25 heavy (non-hydrogen) atoms. The fraction of sp³-hybridized carbons (Fsp3) is 0.526. The second kappa shape index (κ2) is 6.86. The first-order valence-electron chi connectivity index (χ1n) is 8.82. The summed E-state index contributed by atoms with van der Waals surface area (Å²) in [5.74, 6) is -0.161. The number of rotatable bonds is 5. The number of fused-ring (bicyclic) bond motifs is 1. The summed E-state index contributed by atoms with van der Waals surface area (Å²) in [7, 11) is 7.65. The first kappa shape index (κ1) is 17.5. The van der Waals surface area contributed by atoms with E-state index < -0.39 is 5.97 Å². The van der Waals surface area contributed by atoms with E-state index in [1.165, 1.54) is 19.3 Å². The zero-order chi connectivity index (χ0) is 18.1. The number of anilines is 2. The van der Waals surface area contributed by atoms with Crippen molar-refractivity contribution in [2.24, 2.45) is 0 Å².